The average Bonchev–Trinajstić information content (AvgIpc) is 3.13. The van der Waals surface area contributed by atoms with Gasteiger partial charge in [0.05, 0.1) is 22.5 Å². The van der Waals surface area contributed by atoms with Crippen LogP contribution in [0.5, 0.6) is 0 Å². The molecule has 1 aromatic heterocycles. The van der Waals surface area contributed by atoms with Crippen LogP contribution in [-0.2, 0) is 4.79 Å². The van der Waals surface area contributed by atoms with E-state index >= 15 is 0 Å². The molecule has 0 saturated carbocycles. The molecule has 4 aromatic rings. The molecule has 1 heterocycles. The van der Waals surface area contributed by atoms with Crippen molar-refractivity contribution in [3.63, 3.8) is 0 Å². The number of benzene rings is 3. The van der Waals surface area contributed by atoms with Gasteiger partial charge >= 0.3 is 0 Å². The second kappa shape index (κ2) is 7.63. The van der Waals surface area contributed by atoms with Crippen molar-refractivity contribution in [3.8, 4) is 0 Å². The van der Waals surface area contributed by atoms with Crippen molar-refractivity contribution in [1.82, 2.24) is 15.4 Å². The molecular weight excluding hydrogens is 356 g/mol. The number of rotatable bonds is 5. The number of carbonyl (C=O) groups excluding carboxylic acids is 1. The molecule has 0 unspecified atom stereocenters. The molecule has 6 heteroatoms. The third kappa shape index (κ3) is 3.85. The van der Waals surface area contributed by atoms with E-state index in [0.717, 1.165) is 38.2 Å². The molecule has 0 radical (unpaired) electrons. The Labute approximate surface area is 160 Å². The van der Waals surface area contributed by atoms with E-state index in [9.17, 15) is 4.79 Å². The van der Waals surface area contributed by atoms with Gasteiger partial charge in [0, 0.05) is 5.56 Å². The van der Waals surface area contributed by atoms with E-state index in [1.54, 1.807) is 0 Å². The maximum atomic E-state index is 12.2. The lowest BCUT2D eigenvalue weighted by atomic mass is 10.0. The monoisotopic (exact) mass is 374 g/mol. The third-order valence-electron chi connectivity index (χ3n) is 4.24. The van der Waals surface area contributed by atoms with Crippen molar-refractivity contribution < 1.29 is 4.79 Å². The van der Waals surface area contributed by atoms with Crippen LogP contribution in [0, 0.1) is 0 Å². The van der Waals surface area contributed by atoms with E-state index in [0.29, 0.717) is 0 Å². The van der Waals surface area contributed by atoms with Gasteiger partial charge in [0.25, 0.3) is 5.91 Å². The first-order valence-electron chi connectivity index (χ1n) is 8.59. The van der Waals surface area contributed by atoms with Crippen LogP contribution in [0.15, 0.2) is 77.0 Å². The minimum atomic E-state index is -0.167. The molecule has 0 aliphatic carbocycles. The van der Waals surface area contributed by atoms with E-state index in [4.69, 9.17) is 0 Å². The fourth-order valence-corrected chi connectivity index (χ4v) is 3.59. The van der Waals surface area contributed by atoms with Crippen LogP contribution in [0.25, 0.3) is 21.8 Å². The van der Waals surface area contributed by atoms with Crippen LogP contribution >= 0.6 is 11.8 Å². The fraction of sp³-hybridized carbons (Fsp3) is 0.0952. The molecule has 0 aliphatic rings. The number of fused-ring (bicyclic) bond motifs is 2. The second-order valence-electron chi connectivity index (χ2n) is 6.11. The summed E-state index contributed by atoms with van der Waals surface area (Å²) in [5.74, 6) is 0.0756. The number of H-pyrrole nitrogens is 1. The fourth-order valence-electron chi connectivity index (χ4n) is 2.91. The van der Waals surface area contributed by atoms with Crippen LogP contribution in [0.4, 0.5) is 0 Å². The van der Waals surface area contributed by atoms with E-state index in [1.165, 1.54) is 11.8 Å². The van der Waals surface area contributed by atoms with Gasteiger partial charge in [0.15, 0.2) is 5.16 Å². The molecule has 4 rings (SSSR count). The minimum absolute atomic E-state index is 0.167. The number of imidazole rings is 1. The summed E-state index contributed by atoms with van der Waals surface area (Å²) in [4.78, 5) is 19.8. The number of nitrogens with zero attached hydrogens (tertiary/aromatic N) is 2. The predicted molar refractivity (Wildman–Crippen MR) is 111 cm³/mol. The van der Waals surface area contributed by atoms with Gasteiger partial charge < -0.3 is 4.98 Å². The van der Waals surface area contributed by atoms with Crippen molar-refractivity contribution in [1.29, 1.82) is 0 Å². The molecule has 0 aliphatic heterocycles. The molecule has 3 aromatic carbocycles. The summed E-state index contributed by atoms with van der Waals surface area (Å²) < 4.78 is 0. The zero-order valence-electron chi connectivity index (χ0n) is 14.8. The second-order valence-corrected chi connectivity index (χ2v) is 7.07. The Morgan fingerprint density at radius 2 is 1.85 bits per heavy atom. The van der Waals surface area contributed by atoms with Crippen LogP contribution in [0.3, 0.4) is 0 Å². The number of aromatic nitrogens is 2. The van der Waals surface area contributed by atoms with Gasteiger partial charge in [0.1, 0.15) is 0 Å². The summed E-state index contributed by atoms with van der Waals surface area (Å²) in [7, 11) is 0. The molecule has 0 fully saturated rings. The van der Waals surface area contributed by atoms with Crippen LogP contribution in [0.1, 0.15) is 12.5 Å². The lowest BCUT2D eigenvalue weighted by molar-refractivity contribution is -0.118. The Hall–Kier alpha value is -3.12. The first-order valence-corrected chi connectivity index (χ1v) is 9.58. The Kier molecular flexibility index (Phi) is 4.89. The van der Waals surface area contributed by atoms with E-state index in [1.807, 2.05) is 55.5 Å². The highest BCUT2D eigenvalue weighted by molar-refractivity contribution is 7.99. The van der Waals surface area contributed by atoms with Crippen LogP contribution in [-0.4, -0.2) is 27.3 Å². The molecular formula is C21H18N4OS. The summed E-state index contributed by atoms with van der Waals surface area (Å²) in [6, 6.07) is 22.0. The minimum Gasteiger partial charge on any atom is -0.333 e. The van der Waals surface area contributed by atoms with Crippen molar-refractivity contribution in [3.05, 3.63) is 72.3 Å². The number of thioether (sulfide) groups is 1. The van der Waals surface area contributed by atoms with Gasteiger partial charge in [-0.25, -0.2) is 10.4 Å². The first-order chi connectivity index (χ1) is 13.2. The first kappa shape index (κ1) is 17.3. The normalized spacial score (nSPS) is 11.8. The molecule has 134 valence electrons. The largest absolute Gasteiger partial charge is 0.333 e. The van der Waals surface area contributed by atoms with Gasteiger partial charge in [-0.3, -0.25) is 4.79 Å². The quantitative estimate of drug-likeness (QED) is 0.310. The highest BCUT2D eigenvalue weighted by atomic mass is 32.2. The summed E-state index contributed by atoms with van der Waals surface area (Å²) in [5, 5.41) is 7.26. The van der Waals surface area contributed by atoms with Crippen molar-refractivity contribution in [2.24, 2.45) is 5.10 Å². The van der Waals surface area contributed by atoms with E-state index in [2.05, 4.69) is 38.7 Å². The average molecular weight is 374 g/mol. The zero-order chi connectivity index (χ0) is 18.6. The zero-order valence-corrected chi connectivity index (χ0v) is 15.6. The molecule has 1 amide bonds. The predicted octanol–water partition coefficient (Wildman–Crippen LogP) is 4.35. The molecule has 5 nitrogen and oxygen atoms in total. The molecule has 0 bridgehead atoms. The highest BCUT2D eigenvalue weighted by Gasteiger charge is 2.08. The Morgan fingerprint density at radius 1 is 1.07 bits per heavy atom. The van der Waals surface area contributed by atoms with Gasteiger partial charge in [-0.2, -0.15) is 5.10 Å². The van der Waals surface area contributed by atoms with E-state index < -0.39 is 0 Å². The number of nitrogens with one attached hydrogen (secondary N) is 2. The van der Waals surface area contributed by atoms with E-state index in [-0.39, 0.29) is 11.7 Å². The smallest absolute Gasteiger partial charge is 0.250 e. The maximum absolute atomic E-state index is 12.2. The summed E-state index contributed by atoms with van der Waals surface area (Å²) in [6.45, 7) is 1.90. The Balaban J connectivity index is 1.41. The number of amides is 1. The third-order valence-corrected chi connectivity index (χ3v) is 5.11. The lowest BCUT2D eigenvalue weighted by Crippen LogP contribution is -2.21. The van der Waals surface area contributed by atoms with Gasteiger partial charge in [-0.15, -0.1) is 0 Å². The Bertz CT molecular complexity index is 1110. The molecule has 0 spiro atoms. The Morgan fingerprint density at radius 3 is 2.74 bits per heavy atom. The summed E-state index contributed by atoms with van der Waals surface area (Å²) in [6.07, 6.45) is 0. The van der Waals surface area contributed by atoms with Crippen molar-refractivity contribution in [2.45, 2.75) is 12.1 Å². The molecule has 27 heavy (non-hydrogen) atoms. The number of carbonyl (C=O) groups is 1. The summed E-state index contributed by atoms with van der Waals surface area (Å²) >= 11 is 1.36. The highest BCUT2D eigenvalue weighted by Crippen LogP contribution is 2.20. The van der Waals surface area contributed by atoms with Gasteiger partial charge in [-0.05, 0) is 29.8 Å². The number of hydrogen-bond donors (Lipinski definition) is 2. The number of aromatic amines is 1. The number of para-hydroxylation sites is 2. The van der Waals surface area contributed by atoms with Crippen LogP contribution < -0.4 is 5.43 Å². The molecule has 2 N–H and O–H groups in total. The van der Waals surface area contributed by atoms with Crippen molar-refractivity contribution >= 4 is 45.2 Å². The summed E-state index contributed by atoms with van der Waals surface area (Å²) in [5.41, 5.74) is 6.28. The van der Waals surface area contributed by atoms with Gasteiger partial charge in [0.2, 0.25) is 0 Å². The van der Waals surface area contributed by atoms with Crippen LogP contribution in [0.2, 0.25) is 0 Å². The standard InChI is InChI=1S/C21H18N4OS/c1-14(16-10-6-8-15-7-2-3-9-17(15)16)24-25-20(26)13-27-21-22-18-11-4-5-12-19(18)23-21/h2-12H,13H2,1H3,(H,22,23)(H,25,26)/b24-14+. The maximum Gasteiger partial charge on any atom is 0.250 e. The SMILES string of the molecule is C/C(=N\NC(=O)CSc1nc2ccccc2[nH]1)c1cccc2ccccc12. The molecule has 0 atom stereocenters. The van der Waals surface area contributed by atoms with Crippen molar-refractivity contribution in [2.75, 3.05) is 5.75 Å². The lowest BCUT2D eigenvalue weighted by Gasteiger charge is -2.06. The number of hydrazone groups is 1. The van der Waals surface area contributed by atoms with Gasteiger partial charge in [-0.1, -0.05) is 66.4 Å². The topological polar surface area (TPSA) is 70.1 Å². The molecule has 0 saturated heterocycles. The number of hydrogen-bond acceptors (Lipinski definition) is 4.